The molecular weight excluding hydrogens is 222 g/mol. The Kier molecular flexibility index (Phi) is 4.84. The summed E-state index contributed by atoms with van der Waals surface area (Å²) in [6.07, 6.45) is 0.756. The third kappa shape index (κ3) is 3.87. The molecular formula is C13H18ClNO. The maximum absolute atomic E-state index is 6.10. The largest absolute Gasteiger partial charge is 0.487 e. The van der Waals surface area contributed by atoms with Gasteiger partial charge in [-0.3, -0.25) is 0 Å². The van der Waals surface area contributed by atoms with Gasteiger partial charge in [-0.2, -0.15) is 0 Å². The van der Waals surface area contributed by atoms with Crippen molar-refractivity contribution in [3.63, 3.8) is 0 Å². The van der Waals surface area contributed by atoms with Crippen molar-refractivity contribution in [2.24, 2.45) is 5.73 Å². The fourth-order valence-corrected chi connectivity index (χ4v) is 1.67. The fraction of sp³-hybridized carbons (Fsp3) is 0.385. The van der Waals surface area contributed by atoms with E-state index in [1.165, 1.54) is 0 Å². The van der Waals surface area contributed by atoms with Gasteiger partial charge in [-0.05, 0) is 37.5 Å². The van der Waals surface area contributed by atoms with E-state index in [0.29, 0.717) is 11.6 Å². The summed E-state index contributed by atoms with van der Waals surface area (Å²) in [5.41, 5.74) is 7.79. The zero-order valence-corrected chi connectivity index (χ0v) is 10.6. The molecule has 0 spiro atoms. The molecule has 2 N–H and O–H groups in total. The van der Waals surface area contributed by atoms with E-state index in [-0.39, 0.29) is 6.04 Å². The molecule has 0 amide bonds. The average molecular weight is 240 g/mol. The van der Waals surface area contributed by atoms with Crippen LogP contribution in [-0.2, 0) is 6.42 Å². The van der Waals surface area contributed by atoms with Crippen molar-refractivity contribution in [1.29, 1.82) is 0 Å². The molecule has 0 aromatic heterocycles. The van der Waals surface area contributed by atoms with Gasteiger partial charge in [-0.1, -0.05) is 30.3 Å². The summed E-state index contributed by atoms with van der Waals surface area (Å²) in [6, 6.07) is 5.81. The van der Waals surface area contributed by atoms with Crippen molar-refractivity contribution in [3.05, 3.63) is 40.9 Å². The van der Waals surface area contributed by atoms with Crippen LogP contribution in [0, 0.1) is 0 Å². The standard InChI is InChI=1S/C13H18ClNO/c1-9(2)8-16-13-11(7-10(3)15)5-4-6-12(13)14/h4-6,10H,1,7-8,15H2,2-3H3. The van der Waals surface area contributed by atoms with Crippen LogP contribution in [0.4, 0.5) is 0 Å². The number of rotatable bonds is 5. The highest BCUT2D eigenvalue weighted by atomic mass is 35.5. The quantitative estimate of drug-likeness (QED) is 0.801. The summed E-state index contributed by atoms with van der Waals surface area (Å²) in [5.74, 6) is 0.726. The first-order chi connectivity index (χ1) is 7.50. The van der Waals surface area contributed by atoms with E-state index in [1.54, 1.807) is 0 Å². The second-order valence-electron chi connectivity index (χ2n) is 4.16. The number of nitrogens with two attached hydrogens (primary N) is 1. The van der Waals surface area contributed by atoms with Crippen LogP contribution in [0.25, 0.3) is 0 Å². The Morgan fingerprint density at radius 3 is 2.81 bits per heavy atom. The van der Waals surface area contributed by atoms with E-state index in [0.717, 1.165) is 23.3 Å². The van der Waals surface area contributed by atoms with Crippen LogP contribution in [0.1, 0.15) is 19.4 Å². The lowest BCUT2D eigenvalue weighted by molar-refractivity contribution is 0.348. The molecule has 0 bridgehead atoms. The van der Waals surface area contributed by atoms with Crippen LogP contribution in [0.3, 0.4) is 0 Å². The number of benzene rings is 1. The van der Waals surface area contributed by atoms with Crippen LogP contribution < -0.4 is 10.5 Å². The van der Waals surface area contributed by atoms with E-state index in [2.05, 4.69) is 6.58 Å². The van der Waals surface area contributed by atoms with Gasteiger partial charge in [0, 0.05) is 6.04 Å². The van der Waals surface area contributed by atoms with E-state index < -0.39 is 0 Å². The van der Waals surface area contributed by atoms with Gasteiger partial charge in [-0.15, -0.1) is 0 Å². The van der Waals surface area contributed by atoms with Crippen molar-refractivity contribution in [3.8, 4) is 5.75 Å². The van der Waals surface area contributed by atoms with Crippen molar-refractivity contribution in [2.75, 3.05) is 6.61 Å². The molecule has 0 radical (unpaired) electrons. The summed E-state index contributed by atoms with van der Waals surface area (Å²) in [7, 11) is 0. The molecule has 3 heteroatoms. The monoisotopic (exact) mass is 239 g/mol. The smallest absolute Gasteiger partial charge is 0.141 e. The molecule has 0 aliphatic heterocycles. The highest BCUT2D eigenvalue weighted by Crippen LogP contribution is 2.29. The number of hydrogen-bond acceptors (Lipinski definition) is 2. The van der Waals surface area contributed by atoms with Gasteiger partial charge < -0.3 is 10.5 Å². The Morgan fingerprint density at radius 2 is 2.25 bits per heavy atom. The van der Waals surface area contributed by atoms with Crippen molar-refractivity contribution in [2.45, 2.75) is 26.3 Å². The third-order valence-corrected chi connectivity index (χ3v) is 2.35. The minimum Gasteiger partial charge on any atom is -0.487 e. The molecule has 0 aliphatic carbocycles. The van der Waals surface area contributed by atoms with Gasteiger partial charge in [0.05, 0.1) is 5.02 Å². The maximum atomic E-state index is 6.10. The summed E-state index contributed by atoms with van der Waals surface area (Å²) < 4.78 is 5.64. The number of halogens is 1. The van der Waals surface area contributed by atoms with Gasteiger partial charge in [-0.25, -0.2) is 0 Å². The number of ether oxygens (including phenoxy) is 1. The topological polar surface area (TPSA) is 35.2 Å². The molecule has 2 nitrogen and oxygen atoms in total. The van der Waals surface area contributed by atoms with E-state index in [9.17, 15) is 0 Å². The third-order valence-electron chi connectivity index (χ3n) is 2.05. The zero-order chi connectivity index (χ0) is 12.1. The van der Waals surface area contributed by atoms with Crippen LogP contribution in [0.2, 0.25) is 5.02 Å². The summed E-state index contributed by atoms with van der Waals surface area (Å²) in [5, 5.41) is 0.624. The number of para-hydroxylation sites is 1. The molecule has 1 aromatic rings. The Morgan fingerprint density at radius 1 is 1.56 bits per heavy atom. The Balaban J connectivity index is 2.89. The minimum atomic E-state index is 0.0886. The lowest BCUT2D eigenvalue weighted by atomic mass is 10.1. The van der Waals surface area contributed by atoms with Gasteiger partial charge in [0.1, 0.15) is 12.4 Å². The van der Waals surface area contributed by atoms with Crippen molar-refractivity contribution < 1.29 is 4.74 Å². The zero-order valence-electron chi connectivity index (χ0n) is 9.79. The minimum absolute atomic E-state index is 0.0886. The predicted molar refractivity (Wildman–Crippen MR) is 69.1 cm³/mol. The average Bonchev–Trinajstić information content (AvgIpc) is 2.15. The summed E-state index contributed by atoms with van der Waals surface area (Å²) in [6.45, 7) is 8.16. The van der Waals surface area contributed by atoms with Crippen LogP contribution in [-0.4, -0.2) is 12.6 Å². The van der Waals surface area contributed by atoms with Gasteiger partial charge >= 0.3 is 0 Å². The van der Waals surface area contributed by atoms with E-state index in [4.69, 9.17) is 22.1 Å². The normalized spacial score (nSPS) is 12.2. The molecule has 0 fully saturated rings. The lowest BCUT2D eigenvalue weighted by Gasteiger charge is -2.14. The van der Waals surface area contributed by atoms with Crippen molar-refractivity contribution in [1.82, 2.24) is 0 Å². The second-order valence-corrected chi connectivity index (χ2v) is 4.56. The highest BCUT2D eigenvalue weighted by molar-refractivity contribution is 6.32. The molecule has 1 atom stereocenters. The molecule has 0 saturated carbocycles. The van der Waals surface area contributed by atoms with Crippen LogP contribution in [0.5, 0.6) is 5.75 Å². The molecule has 0 aliphatic rings. The predicted octanol–water partition coefficient (Wildman–Crippen LogP) is 3.18. The summed E-state index contributed by atoms with van der Waals surface area (Å²) >= 11 is 6.10. The lowest BCUT2D eigenvalue weighted by Crippen LogP contribution is -2.18. The van der Waals surface area contributed by atoms with E-state index >= 15 is 0 Å². The molecule has 1 rings (SSSR count). The molecule has 1 aromatic carbocycles. The second kappa shape index (κ2) is 5.92. The first-order valence-corrected chi connectivity index (χ1v) is 5.68. The van der Waals surface area contributed by atoms with E-state index in [1.807, 2.05) is 32.0 Å². The maximum Gasteiger partial charge on any atom is 0.141 e. The van der Waals surface area contributed by atoms with Crippen LogP contribution in [0.15, 0.2) is 30.4 Å². The highest BCUT2D eigenvalue weighted by Gasteiger charge is 2.09. The van der Waals surface area contributed by atoms with Crippen molar-refractivity contribution >= 4 is 11.6 Å². The first-order valence-electron chi connectivity index (χ1n) is 5.31. The number of hydrogen-bond donors (Lipinski definition) is 1. The summed E-state index contributed by atoms with van der Waals surface area (Å²) in [4.78, 5) is 0. The molecule has 0 saturated heterocycles. The Labute approximate surface area is 102 Å². The Bertz CT molecular complexity index is 374. The van der Waals surface area contributed by atoms with Gasteiger partial charge in [0.25, 0.3) is 0 Å². The van der Waals surface area contributed by atoms with Gasteiger partial charge in [0.15, 0.2) is 0 Å². The van der Waals surface area contributed by atoms with Crippen LogP contribution >= 0.6 is 11.6 Å². The fourth-order valence-electron chi connectivity index (χ4n) is 1.42. The molecule has 1 unspecified atom stereocenters. The van der Waals surface area contributed by atoms with Gasteiger partial charge in [0.2, 0.25) is 0 Å². The Hall–Kier alpha value is -0.990. The SMILES string of the molecule is C=C(C)COc1c(Cl)cccc1CC(C)N. The molecule has 16 heavy (non-hydrogen) atoms. The molecule has 88 valence electrons. The first kappa shape index (κ1) is 13.1. The molecule has 0 heterocycles.